The number of primary amides is 1. The van der Waals surface area contributed by atoms with E-state index in [2.05, 4.69) is 20.9 Å². The summed E-state index contributed by atoms with van der Waals surface area (Å²) < 4.78 is 0. The summed E-state index contributed by atoms with van der Waals surface area (Å²) in [5.74, 6) is -4.07. The number of guanidine groups is 1. The van der Waals surface area contributed by atoms with Gasteiger partial charge in [0, 0.05) is 13.0 Å². The molecule has 0 saturated carbocycles. The number of carbonyl (C=O) groups is 5. The third-order valence-electron chi connectivity index (χ3n) is 5.57. The number of phenolic OH excluding ortho intramolecular Hbond substituents is 1. The first kappa shape index (κ1) is 34.0. The Labute approximate surface area is 235 Å². The predicted molar refractivity (Wildman–Crippen MR) is 150 cm³/mol. The van der Waals surface area contributed by atoms with Crippen molar-refractivity contribution >= 4 is 47.3 Å². The highest BCUT2D eigenvalue weighted by atomic mass is 32.2. The summed E-state index contributed by atoms with van der Waals surface area (Å²) in [5.41, 5.74) is 22.1. The molecule has 0 bridgehead atoms. The Morgan fingerprint density at radius 3 is 2.02 bits per heavy atom. The van der Waals surface area contributed by atoms with Crippen molar-refractivity contribution in [3.05, 3.63) is 29.8 Å². The van der Waals surface area contributed by atoms with Crippen LogP contribution in [0.4, 0.5) is 0 Å². The summed E-state index contributed by atoms with van der Waals surface area (Å²) in [4.78, 5) is 65.7. The average molecular weight is 583 g/mol. The molecule has 0 fully saturated rings. The van der Waals surface area contributed by atoms with Gasteiger partial charge in [0.2, 0.25) is 23.6 Å². The quantitative estimate of drug-likeness (QED) is 0.0495. The number of rotatable bonds is 18. The van der Waals surface area contributed by atoms with E-state index in [1.807, 2.05) is 0 Å². The molecule has 4 unspecified atom stereocenters. The van der Waals surface area contributed by atoms with Crippen molar-refractivity contribution in [2.24, 2.45) is 27.9 Å². The number of nitrogens with two attached hydrogens (primary N) is 4. The monoisotopic (exact) mass is 582 g/mol. The van der Waals surface area contributed by atoms with Crippen LogP contribution in [0.25, 0.3) is 0 Å². The normalized spacial score (nSPS) is 13.7. The fraction of sp³-hybridized carbons (Fsp3) is 0.500. The van der Waals surface area contributed by atoms with Crippen LogP contribution in [0.2, 0.25) is 0 Å². The van der Waals surface area contributed by atoms with Gasteiger partial charge in [0.1, 0.15) is 23.9 Å². The number of benzene rings is 1. The average Bonchev–Trinajstić information content (AvgIpc) is 2.88. The van der Waals surface area contributed by atoms with Crippen molar-refractivity contribution in [2.75, 3.05) is 18.6 Å². The number of nitrogens with one attached hydrogen (secondary N) is 3. The summed E-state index contributed by atoms with van der Waals surface area (Å²) in [5, 5.41) is 26.5. The first-order valence-electron chi connectivity index (χ1n) is 12.3. The molecule has 0 aliphatic carbocycles. The summed E-state index contributed by atoms with van der Waals surface area (Å²) >= 11 is 1.41. The molecule has 0 saturated heterocycles. The minimum atomic E-state index is -1.32. The lowest BCUT2D eigenvalue weighted by atomic mass is 10.0. The number of aliphatic imine (C=N–C) groups is 1. The van der Waals surface area contributed by atoms with Crippen molar-refractivity contribution in [2.45, 2.75) is 56.3 Å². The number of nitrogens with zero attached hydrogens (tertiary/aromatic N) is 1. The number of amides is 4. The molecule has 222 valence electrons. The Morgan fingerprint density at radius 1 is 0.900 bits per heavy atom. The highest BCUT2D eigenvalue weighted by Crippen LogP contribution is 2.12. The summed E-state index contributed by atoms with van der Waals surface area (Å²) in [7, 11) is 0. The molecule has 0 radical (unpaired) electrons. The fourth-order valence-electron chi connectivity index (χ4n) is 3.48. The van der Waals surface area contributed by atoms with Crippen molar-refractivity contribution in [1.29, 1.82) is 0 Å². The van der Waals surface area contributed by atoms with Gasteiger partial charge >= 0.3 is 5.97 Å². The molecule has 1 aromatic rings. The largest absolute Gasteiger partial charge is 0.508 e. The van der Waals surface area contributed by atoms with Crippen LogP contribution in [-0.4, -0.2) is 88.5 Å². The van der Waals surface area contributed by atoms with Gasteiger partial charge in [-0.2, -0.15) is 11.8 Å². The number of carboxylic acids is 1. The zero-order chi connectivity index (χ0) is 30.2. The Bertz CT molecular complexity index is 1050. The van der Waals surface area contributed by atoms with E-state index < -0.39 is 60.2 Å². The Balaban J connectivity index is 3.18. The highest BCUT2D eigenvalue weighted by molar-refractivity contribution is 7.98. The van der Waals surface area contributed by atoms with Crippen molar-refractivity contribution in [3.8, 4) is 5.75 Å². The number of carbonyl (C=O) groups excluding carboxylic acids is 4. The Morgan fingerprint density at radius 2 is 1.48 bits per heavy atom. The molecule has 16 heteroatoms. The summed E-state index contributed by atoms with van der Waals surface area (Å²) in [6, 6.07) is 0.904. The van der Waals surface area contributed by atoms with Crippen LogP contribution in [0.15, 0.2) is 29.3 Å². The number of thioether (sulfide) groups is 1. The Kier molecular flexibility index (Phi) is 14.9. The smallest absolute Gasteiger partial charge is 0.326 e. The van der Waals surface area contributed by atoms with Crippen LogP contribution in [0, 0.1) is 0 Å². The molecule has 0 spiro atoms. The minimum absolute atomic E-state index is 0.00997. The van der Waals surface area contributed by atoms with E-state index in [4.69, 9.17) is 22.9 Å². The second-order valence-corrected chi connectivity index (χ2v) is 9.89. The molecule has 4 atom stereocenters. The van der Waals surface area contributed by atoms with Crippen LogP contribution < -0.4 is 38.9 Å². The molecule has 1 rings (SSSR count). The van der Waals surface area contributed by atoms with Crippen LogP contribution in [0.5, 0.6) is 5.75 Å². The van der Waals surface area contributed by atoms with E-state index in [0.717, 1.165) is 0 Å². The van der Waals surface area contributed by atoms with Crippen molar-refractivity contribution in [3.63, 3.8) is 0 Å². The maximum atomic E-state index is 13.4. The molecule has 0 aromatic heterocycles. The molecular formula is C24H38N8O7S. The molecule has 13 N–H and O–H groups in total. The van der Waals surface area contributed by atoms with Gasteiger partial charge < -0.3 is 49.1 Å². The number of hydrogen-bond acceptors (Lipinski definition) is 9. The lowest BCUT2D eigenvalue weighted by molar-refractivity contribution is -0.142. The number of phenols is 1. The molecular weight excluding hydrogens is 544 g/mol. The standard InChI is InChI=1S/C24H38N8O7S/c1-40-10-8-17(23(38)39)31-21(36)16(3-2-9-29-24(27)28)30-22(37)18(11-13-4-6-14(33)7-5-13)32-20(35)15(25)12-19(26)34/h4-7,15-18,33H,2-3,8-12,25H2,1H3,(H2,26,34)(H,30,37)(H,31,36)(H,32,35)(H,38,39)(H4,27,28,29). The molecule has 4 amide bonds. The predicted octanol–water partition coefficient (Wildman–Crippen LogP) is -2.52. The van der Waals surface area contributed by atoms with Crippen LogP contribution in [0.1, 0.15) is 31.2 Å². The van der Waals surface area contributed by atoms with Gasteiger partial charge in [0.15, 0.2) is 5.96 Å². The van der Waals surface area contributed by atoms with Gasteiger partial charge in [-0.25, -0.2) is 4.79 Å². The van der Waals surface area contributed by atoms with E-state index in [-0.39, 0.29) is 43.9 Å². The summed E-state index contributed by atoms with van der Waals surface area (Å²) in [6.07, 6.45) is 1.75. The van der Waals surface area contributed by atoms with E-state index >= 15 is 0 Å². The number of hydrogen-bond donors (Lipinski definition) is 9. The van der Waals surface area contributed by atoms with Gasteiger partial charge in [-0.05, 0) is 49.0 Å². The molecule has 40 heavy (non-hydrogen) atoms. The molecule has 0 aliphatic heterocycles. The van der Waals surface area contributed by atoms with Gasteiger partial charge in [-0.15, -0.1) is 0 Å². The summed E-state index contributed by atoms with van der Waals surface area (Å²) in [6.45, 7) is 0.145. The number of aliphatic carboxylic acids is 1. The second-order valence-electron chi connectivity index (χ2n) is 8.90. The van der Waals surface area contributed by atoms with Gasteiger partial charge in [-0.1, -0.05) is 12.1 Å². The number of carboxylic acid groups (broad SMARTS) is 1. The third kappa shape index (κ3) is 13.1. The maximum Gasteiger partial charge on any atom is 0.326 e. The number of aromatic hydroxyl groups is 1. The maximum absolute atomic E-state index is 13.4. The SMILES string of the molecule is CSCCC(NC(=O)C(CCCN=C(N)N)NC(=O)C(Cc1ccc(O)cc1)NC(=O)C(N)CC(N)=O)C(=O)O. The van der Waals surface area contributed by atoms with Gasteiger partial charge in [0.05, 0.1) is 12.5 Å². The molecule has 0 heterocycles. The highest BCUT2D eigenvalue weighted by Gasteiger charge is 2.30. The fourth-order valence-corrected chi connectivity index (χ4v) is 3.95. The minimum Gasteiger partial charge on any atom is -0.508 e. The first-order chi connectivity index (χ1) is 18.8. The lowest BCUT2D eigenvalue weighted by Gasteiger charge is -2.25. The zero-order valence-corrected chi connectivity index (χ0v) is 23.0. The van der Waals surface area contributed by atoms with E-state index in [0.29, 0.717) is 11.3 Å². The third-order valence-corrected chi connectivity index (χ3v) is 6.21. The Hall–Kier alpha value is -4.05. The van der Waals surface area contributed by atoms with E-state index in [1.165, 1.54) is 36.0 Å². The van der Waals surface area contributed by atoms with Crippen LogP contribution in [-0.2, 0) is 30.4 Å². The molecule has 0 aliphatic rings. The zero-order valence-electron chi connectivity index (χ0n) is 22.2. The lowest BCUT2D eigenvalue weighted by Crippen LogP contribution is -2.57. The second kappa shape index (κ2) is 17.5. The van der Waals surface area contributed by atoms with E-state index in [9.17, 15) is 34.2 Å². The van der Waals surface area contributed by atoms with Gasteiger partial charge in [0.25, 0.3) is 0 Å². The van der Waals surface area contributed by atoms with Crippen molar-refractivity contribution < 1.29 is 34.2 Å². The van der Waals surface area contributed by atoms with Crippen LogP contribution in [0.3, 0.4) is 0 Å². The van der Waals surface area contributed by atoms with Crippen molar-refractivity contribution in [1.82, 2.24) is 16.0 Å². The van der Waals surface area contributed by atoms with Gasteiger partial charge in [-0.3, -0.25) is 24.2 Å². The van der Waals surface area contributed by atoms with E-state index in [1.54, 1.807) is 6.26 Å². The molecule has 1 aromatic carbocycles. The first-order valence-corrected chi connectivity index (χ1v) is 13.7. The topological polar surface area (TPSA) is 278 Å². The molecule has 15 nitrogen and oxygen atoms in total. The van der Waals surface area contributed by atoms with Crippen LogP contribution >= 0.6 is 11.8 Å².